The van der Waals surface area contributed by atoms with Gasteiger partial charge < -0.3 is 0 Å². The van der Waals surface area contributed by atoms with Gasteiger partial charge in [-0.2, -0.15) is 0 Å². The van der Waals surface area contributed by atoms with Gasteiger partial charge in [-0.05, 0) is 53.5 Å². The molecule has 23 heavy (non-hydrogen) atoms. The van der Waals surface area contributed by atoms with Gasteiger partial charge in [-0.25, -0.2) is 13.1 Å². The first kappa shape index (κ1) is 16.5. The van der Waals surface area contributed by atoms with Gasteiger partial charge in [0, 0.05) is 6.04 Å². The van der Waals surface area contributed by atoms with Crippen molar-refractivity contribution in [3.63, 3.8) is 0 Å². The Morgan fingerprint density at radius 1 is 1.04 bits per heavy atom. The van der Waals surface area contributed by atoms with Crippen LogP contribution in [0.1, 0.15) is 40.0 Å². The first-order chi connectivity index (χ1) is 10.8. The molecular formula is C19H25NO2S. The van der Waals surface area contributed by atoms with E-state index in [0.29, 0.717) is 10.8 Å². The van der Waals surface area contributed by atoms with E-state index in [4.69, 9.17) is 0 Å². The monoisotopic (exact) mass is 331 g/mol. The molecule has 2 unspecified atom stereocenters. The van der Waals surface area contributed by atoms with Crippen molar-refractivity contribution in [2.45, 2.75) is 51.0 Å². The standard InChI is InChI=1S/C19H25NO2S/c1-14-10-17(13-19(2,3)12-14)20-23(21,22)18-9-8-15-6-4-5-7-16(15)11-18/h4-9,11,14,17,20H,10,12-13H2,1-3H3. The number of rotatable bonds is 3. The van der Waals surface area contributed by atoms with Crippen LogP contribution in [0.25, 0.3) is 10.8 Å². The van der Waals surface area contributed by atoms with Crippen LogP contribution >= 0.6 is 0 Å². The van der Waals surface area contributed by atoms with Gasteiger partial charge in [-0.3, -0.25) is 0 Å². The van der Waals surface area contributed by atoms with E-state index in [1.165, 1.54) is 0 Å². The molecule has 1 aliphatic rings. The second kappa shape index (κ2) is 5.91. The quantitative estimate of drug-likeness (QED) is 0.910. The molecule has 0 saturated heterocycles. The fourth-order valence-electron chi connectivity index (χ4n) is 4.06. The van der Waals surface area contributed by atoms with Crippen LogP contribution in [0.5, 0.6) is 0 Å². The minimum Gasteiger partial charge on any atom is -0.208 e. The summed E-state index contributed by atoms with van der Waals surface area (Å²) >= 11 is 0. The molecule has 4 heteroatoms. The first-order valence-electron chi connectivity index (χ1n) is 8.26. The zero-order valence-corrected chi connectivity index (χ0v) is 14.9. The Kier molecular flexibility index (Phi) is 4.23. The Balaban J connectivity index is 1.85. The summed E-state index contributed by atoms with van der Waals surface area (Å²) in [5.74, 6) is 0.544. The second-order valence-electron chi connectivity index (χ2n) is 7.74. The second-order valence-corrected chi connectivity index (χ2v) is 9.45. The van der Waals surface area contributed by atoms with Crippen molar-refractivity contribution in [1.82, 2.24) is 4.72 Å². The Morgan fingerprint density at radius 3 is 2.43 bits per heavy atom. The molecule has 124 valence electrons. The van der Waals surface area contributed by atoms with E-state index in [0.717, 1.165) is 30.0 Å². The lowest BCUT2D eigenvalue weighted by Crippen LogP contribution is -2.42. The molecule has 0 radical (unpaired) electrons. The minimum atomic E-state index is -3.47. The van der Waals surface area contributed by atoms with Crippen molar-refractivity contribution >= 4 is 20.8 Å². The Bertz CT molecular complexity index is 811. The van der Waals surface area contributed by atoms with E-state index < -0.39 is 10.0 Å². The normalized spacial score (nSPS) is 24.7. The molecule has 0 spiro atoms. The maximum atomic E-state index is 12.8. The number of fused-ring (bicyclic) bond motifs is 1. The SMILES string of the molecule is CC1CC(NS(=O)(=O)c2ccc3ccccc3c2)CC(C)(C)C1. The molecule has 1 aliphatic carbocycles. The maximum absolute atomic E-state index is 12.8. The highest BCUT2D eigenvalue weighted by Crippen LogP contribution is 2.38. The van der Waals surface area contributed by atoms with Crippen molar-refractivity contribution in [1.29, 1.82) is 0 Å². The molecule has 2 aromatic carbocycles. The van der Waals surface area contributed by atoms with Gasteiger partial charge in [-0.15, -0.1) is 0 Å². The Hall–Kier alpha value is -1.39. The van der Waals surface area contributed by atoms with E-state index >= 15 is 0 Å². The van der Waals surface area contributed by atoms with Gasteiger partial charge in [0.15, 0.2) is 0 Å². The van der Waals surface area contributed by atoms with Crippen LogP contribution in [-0.4, -0.2) is 14.5 Å². The average molecular weight is 331 g/mol. The zero-order chi connectivity index (χ0) is 16.7. The summed E-state index contributed by atoms with van der Waals surface area (Å²) < 4.78 is 28.4. The van der Waals surface area contributed by atoms with Crippen molar-refractivity contribution in [3.05, 3.63) is 42.5 Å². The predicted molar refractivity (Wildman–Crippen MR) is 94.9 cm³/mol. The van der Waals surface area contributed by atoms with Crippen LogP contribution in [0.15, 0.2) is 47.4 Å². The van der Waals surface area contributed by atoms with Crippen LogP contribution in [0.4, 0.5) is 0 Å². The molecule has 0 bridgehead atoms. The summed E-state index contributed by atoms with van der Waals surface area (Å²) in [5.41, 5.74) is 0.189. The van der Waals surface area contributed by atoms with E-state index in [9.17, 15) is 8.42 Å². The number of benzene rings is 2. The number of hydrogen-bond donors (Lipinski definition) is 1. The fourth-order valence-corrected chi connectivity index (χ4v) is 5.34. The minimum absolute atomic E-state index is 0.0187. The van der Waals surface area contributed by atoms with Gasteiger partial charge in [0.1, 0.15) is 0 Å². The average Bonchev–Trinajstić information content (AvgIpc) is 2.44. The topological polar surface area (TPSA) is 46.2 Å². The van der Waals surface area contributed by atoms with Crippen LogP contribution in [-0.2, 0) is 10.0 Å². The summed E-state index contributed by atoms with van der Waals surface area (Å²) in [5, 5.41) is 2.01. The van der Waals surface area contributed by atoms with Crippen LogP contribution in [0.3, 0.4) is 0 Å². The first-order valence-corrected chi connectivity index (χ1v) is 9.75. The molecule has 0 aliphatic heterocycles. The maximum Gasteiger partial charge on any atom is 0.240 e. The zero-order valence-electron chi connectivity index (χ0n) is 14.0. The number of hydrogen-bond acceptors (Lipinski definition) is 2. The molecule has 0 aromatic heterocycles. The van der Waals surface area contributed by atoms with E-state index in [1.54, 1.807) is 12.1 Å². The van der Waals surface area contributed by atoms with E-state index in [-0.39, 0.29) is 11.5 Å². The predicted octanol–water partition coefficient (Wildman–Crippen LogP) is 4.33. The lowest BCUT2D eigenvalue weighted by atomic mass is 9.71. The highest BCUT2D eigenvalue weighted by atomic mass is 32.2. The van der Waals surface area contributed by atoms with Gasteiger partial charge in [0.25, 0.3) is 0 Å². The lowest BCUT2D eigenvalue weighted by Gasteiger charge is -2.39. The van der Waals surface area contributed by atoms with Crippen LogP contribution < -0.4 is 4.72 Å². The molecule has 1 saturated carbocycles. The van der Waals surface area contributed by atoms with Crippen molar-refractivity contribution in [2.24, 2.45) is 11.3 Å². The molecule has 3 nitrogen and oxygen atoms in total. The highest BCUT2D eigenvalue weighted by Gasteiger charge is 2.34. The van der Waals surface area contributed by atoms with E-state index in [1.807, 2.05) is 30.3 Å². The highest BCUT2D eigenvalue weighted by molar-refractivity contribution is 7.89. The van der Waals surface area contributed by atoms with Crippen molar-refractivity contribution < 1.29 is 8.42 Å². The fraction of sp³-hybridized carbons (Fsp3) is 0.474. The van der Waals surface area contributed by atoms with Crippen LogP contribution in [0, 0.1) is 11.3 Å². The molecule has 1 fully saturated rings. The molecule has 0 heterocycles. The molecule has 2 aromatic rings. The summed E-state index contributed by atoms with van der Waals surface area (Å²) in [6.07, 6.45) is 2.96. The van der Waals surface area contributed by atoms with Crippen molar-refractivity contribution in [2.75, 3.05) is 0 Å². The van der Waals surface area contributed by atoms with Gasteiger partial charge >= 0.3 is 0 Å². The molecule has 2 atom stereocenters. The number of nitrogens with one attached hydrogen (secondary N) is 1. The summed E-state index contributed by atoms with van der Waals surface area (Å²) in [6, 6.07) is 13.2. The number of sulfonamides is 1. The van der Waals surface area contributed by atoms with Crippen LogP contribution in [0.2, 0.25) is 0 Å². The van der Waals surface area contributed by atoms with E-state index in [2.05, 4.69) is 25.5 Å². The molecule has 0 amide bonds. The summed E-state index contributed by atoms with van der Waals surface area (Å²) in [7, 11) is -3.47. The molecule has 3 rings (SSSR count). The third kappa shape index (κ3) is 3.75. The summed E-state index contributed by atoms with van der Waals surface area (Å²) in [6.45, 7) is 6.65. The lowest BCUT2D eigenvalue weighted by molar-refractivity contribution is 0.163. The summed E-state index contributed by atoms with van der Waals surface area (Å²) in [4.78, 5) is 0.354. The Labute approximate surface area is 139 Å². The largest absolute Gasteiger partial charge is 0.240 e. The molecule has 1 N–H and O–H groups in total. The van der Waals surface area contributed by atoms with Gasteiger partial charge in [0.2, 0.25) is 10.0 Å². The molecular weight excluding hydrogens is 306 g/mol. The third-order valence-electron chi connectivity index (χ3n) is 4.74. The van der Waals surface area contributed by atoms with Gasteiger partial charge in [-0.1, -0.05) is 51.1 Å². The smallest absolute Gasteiger partial charge is 0.208 e. The van der Waals surface area contributed by atoms with Crippen molar-refractivity contribution in [3.8, 4) is 0 Å². The third-order valence-corrected chi connectivity index (χ3v) is 6.26. The Morgan fingerprint density at radius 2 is 1.74 bits per heavy atom. The van der Waals surface area contributed by atoms with Gasteiger partial charge in [0.05, 0.1) is 4.90 Å².